The summed E-state index contributed by atoms with van der Waals surface area (Å²) in [5, 5.41) is 3.73. The Balaban J connectivity index is 1.58. The highest BCUT2D eigenvalue weighted by molar-refractivity contribution is 6.07. The van der Waals surface area contributed by atoms with Crippen molar-refractivity contribution in [2.75, 3.05) is 26.8 Å². The van der Waals surface area contributed by atoms with E-state index in [4.69, 9.17) is 4.74 Å². The fraction of sp³-hybridized carbons (Fsp3) is 0.381. The summed E-state index contributed by atoms with van der Waals surface area (Å²) >= 11 is 0. The highest BCUT2D eigenvalue weighted by atomic mass is 16.5. The molecule has 1 N–H and O–H groups in total. The van der Waals surface area contributed by atoms with Gasteiger partial charge >= 0.3 is 0 Å². The zero-order valence-electron chi connectivity index (χ0n) is 16.9. The number of aryl methyl sites for hydroxylation is 1. The van der Waals surface area contributed by atoms with Gasteiger partial charge in [0.25, 0.3) is 11.8 Å². The molecule has 3 heterocycles. The summed E-state index contributed by atoms with van der Waals surface area (Å²) < 4.78 is 8.89. The Morgan fingerprint density at radius 2 is 2.03 bits per heavy atom. The molecule has 0 unspecified atom stereocenters. The van der Waals surface area contributed by atoms with E-state index in [1.54, 1.807) is 13.3 Å². The van der Waals surface area contributed by atoms with Gasteiger partial charge in [-0.3, -0.25) is 9.59 Å². The van der Waals surface area contributed by atoms with Crippen LogP contribution >= 0.6 is 0 Å². The Labute approximate surface area is 169 Å². The number of methoxy groups -OCH3 is 1. The minimum atomic E-state index is -0.233. The van der Waals surface area contributed by atoms with Gasteiger partial charge < -0.3 is 24.1 Å². The summed E-state index contributed by atoms with van der Waals surface area (Å²) in [6, 6.07) is 7.67. The molecule has 3 aromatic rings. The number of carbonyl (C=O) groups is 2. The molecule has 1 aliphatic rings. The van der Waals surface area contributed by atoms with Crippen LogP contribution < -0.4 is 5.32 Å². The molecule has 29 heavy (non-hydrogen) atoms. The molecule has 0 fully saturated rings. The van der Waals surface area contributed by atoms with E-state index in [0.29, 0.717) is 37.5 Å². The number of hydrogen-bond acceptors (Lipinski definition) is 4. The SMILES string of the molecule is COCCNC(=O)c1cn2c(n1)[C@@H](C)N(C(=O)c1cn(C)c3ccccc13)CC2. The van der Waals surface area contributed by atoms with Gasteiger partial charge in [-0.05, 0) is 13.0 Å². The zero-order chi connectivity index (χ0) is 20.5. The molecular weight excluding hydrogens is 370 g/mol. The van der Waals surface area contributed by atoms with Crippen molar-refractivity contribution in [3.8, 4) is 0 Å². The van der Waals surface area contributed by atoms with Crippen molar-refractivity contribution in [2.45, 2.75) is 19.5 Å². The van der Waals surface area contributed by atoms with Crippen LogP contribution in [0.15, 0.2) is 36.7 Å². The van der Waals surface area contributed by atoms with Crippen molar-refractivity contribution in [3.63, 3.8) is 0 Å². The minimum Gasteiger partial charge on any atom is -0.383 e. The smallest absolute Gasteiger partial charge is 0.271 e. The number of amides is 2. The van der Waals surface area contributed by atoms with Gasteiger partial charge in [0.15, 0.2) is 0 Å². The molecule has 8 heteroatoms. The van der Waals surface area contributed by atoms with Crippen LogP contribution in [0.5, 0.6) is 0 Å². The number of imidazole rings is 1. The summed E-state index contributed by atoms with van der Waals surface area (Å²) in [7, 11) is 3.53. The molecule has 4 rings (SSSR count). The first-order valence-corrected chi connectivity index (χ1v) is 9.70. The predicted octanol–water partition coefficient (Wildman–Crippen LogP) is 1.97. The topological polar surface area (TPSA) is 81.4 Å². The van der Waals surface area contributed by atoms with Crippen LogP contribution in [0.3, 0.4) is 0 Å². The first-order valence-electron chi connectivity index (χ1n) is 9.70. The Morgan fingerprint density at radius 3 is 2.83 bits per heavy atom. The van der Waals surface area contributed by atoms with Gasteiger partial charge in [-0.1, -0.05) is 18.2 Å². The van der Waals surface area contributed by atoms with Gasteiger partial charge in [0.1, 0.15) is 11.5 Å². The Hall–Kier alpha value is -3.13. The minimum absolute atomic E-state index is 0.0188. The summed E-state index contributed by atoms with van der Waals surface area (Å²) in [5.74, 6) is 0.472. The van der Waals surface area contributed by atoms with E-state index < -0.39 is 0 Å². The van der Waals surface area contributed by atoms with E-state index in [1.807, 2.05) is 58.5 Å². The molecule has 1 aliphatic heterocycles. The summed E-state index contributed by atoms with van der Waals surface area (Å²) in [5.41, 5.74) is 2.08. The third-order valence-corrected chi connectivity index (χ3v) is 5.44. The number of fused-ring (bicyclic) bond motifs is 2. The normalized spacial score (nSPS) is 16.1. The zero-order valence-corrected chi connectivity index (χ0v) is 16.9. The monoisotopic (exact) mass is 395 g/mol. The van der Waals surface area contributed by atoms with E-state index in [9.17, 15) is 9.59 Å². The molecule has 0 bridgehead atoms. The van der Waals surface area contributed by atoms with E-state index in [0.717, 1.165) is 16.7 Å². The van der Waals surface area contributed by atoms with E-state index in [-0.39, 0.29) is 17.9 Å². The first-order chi connectivity index (χ1) is 14.0. The maximum atomic E-state index is 13.3. The highest BCUT2D eigenvalue weighted by Gasteiger charge is 2.32. The number of rotatable bonds is 5. The van der Waals surface area contributed by atoms with Crippen molar-refractivity contribution >= 4 is 22.7 Å². The van der Waals surface area contributed by atoms with Crippen LogP contribution in [0, 0.1) is 0 Å². The van der Waals surface area contributed by atoms with Gasteiger partial charge in [0.05, 0.1) is 18.2 Å². The molecule has 0 spiro atoms. The predicted molar refractivity (Wildman–Crippen MR) is 109 cm³/mol. The fourth-order valence-corrected chi connectivity index (χ4v) is 3.90. The summed E-state index contributed by atoms with van der Waals surface area (Å²) in [6.07, 6.45) is 3.64. The molecular formula is C21H25N5O3. The molecule has 0 aliphatic carbocycles. The van der Waals surface area contributed by atoms with Gasteiger partial charge in [0.2, 0.25) is 0 Å². The van der Waals surface area contributed by atoms with Gasteiger partial charge in [-0.25, -0.2) is 4.98 Å². The largest absolute Gasteiger partial charge is 0.383 e. The Bertz CT molecular complexity index is 1070. The van der Waals surface area contributed by atoms with Crippen LogP contribution in [0.25, 0.3) is 10.9 Å². The summed E-state index contributed by atoms with van der Waals surface area (Å²) in [4.78, 5) is 32.0. The number of nitrogens with one attached hydrogen (secondary N) is 1. The molecule has 2 aromatic heterocycles. The Morgan fingerprint density at radius 1 is 1.24 bits per heavy atom. The van der Waals surface area contributed by atoms with Crippen LogP contribution in [0.4, 0.5) is 0 Å². The summed E-state index contributed by atoms with van der Waals surface area (Å²) in [6.45, 7) is 4.00. The van der Waals surface area contributed by atoms with Crippen molar-refractivity contribution in [1.82, 2.24) is 24.3 Å². The average molecular weight is 395 g/mol. The standard InChI is InChI=1S/C21H25N5O3/c1-14-19-23-17(20(27)22-8-11-29-3)13-25(19)9-10-26(14)21(28)16-12-24(2)18-7-5-4-6-15(16)18/h4-7,12-14H,8-11H2,1-3H3,(H,22,27)/t14-/m1/s1. The maximum Gasteiger partial charge on any atom is 0.271 e. The van der Waals surface area contributed by atoms with E-state index in [1.165, 1.54) is 0 Å². The van der Waals surface area contributed by atoms with Crippen LogP contribution in [0.1, 0.15) is 39.6 Å². The highest BCUT2D eigenvalue weighted by Crippen LogP contribution is 2.29. The molecule has 2 amide bonds. The van der Waals surface area contributed by atoms with Gasteiger partial charge in [-0.15, -0.1) is 0 Å². The molecule has 1 atom stereocenters. The lowest BCUT2D eigenvalue weighted by Gasteiger charge is -2.33. The maximum absolute atomic E-state index is 13.3. The van der Waals surface area contributed by atoms with Crippen LogP contribution in [-0.2, 0) is 18.3 Å². The average Bonchev–Trinajstić information content (AvgIpc) is 3.31. The lowest BCUT2D eigenvalue weighted by molar-refractivity contribution is 0.0639. The Kier molecular flexibility index (Phi) is 5.10. The van der Waals surface area contributed by atoms with E-state index >= 15 is 0 Å². The molecule has 0 radical (unpaired) electrons. The van der Waals surface area contributed by atoms with Crippen molar-refractivity contribution < 1.29 is 14.3 Å². The second-order valence-corrected chi connectivity index (χ2v) is 7.27. The number of para-hydroxylation sites is 1. The fourth-order valence-electron chi connectivity index (χ4n) is 3.90. The first kappa shape index (κ1) is 19.2. The van der Waals surface area contributed by atoms with Crippen LogP contribution in [-0.4, -0.2) is 57.6 Å². The molecule has 8 nitrogen and oxygen atoms in total. The number of aromatic nitrogens is 3. The number of ether oxygens (including phenoxy) is 1. The third kappa shape index (κ3) is 3.40. The lowest BCUT2D eigenvalue weighted by Crippen LogP contribution is -2.41. The number of nitrogens with zero attached hydrogens (tertiary/aromatic N) is 4. The van der Waals surface area contributed by atoms with Gasteiger partial charge in [0, 0.05) is 57.1 Å². The van der Waals surface area contributed by atoms with E-state index in [2.05, 4.69) is 10.3 Å². The number of carbonyl (C=O) groups excluding carboxylic acids is 2. The van der Waals surface area contributed by atoms with Crippen molar-refractivity contribution in [2.24, 2.45) is 7.05 Å². The second-order valence-electron chi connectivity index (χ2n) is 7.27. The van der Waals surface area contributed by atoms with Crippen molar-refractivity contribution in [1.29, 1.82) is 0 Å². The van der Waals surface area contributed by atoms with Crippen LogP contribution in [0.2, 0.25) is 0 Å². The number of benzene rings is 1. The number of hydrogen-bond donors (Lipinski definition) is 1. The molecule has 152 valence electrons. The molecule has 0 saturated heterocycles. The molecule has 0 saturated carbocycles. The lowest BCUT2D eigenvalue weighted by atomic mass is 10.1. The third-order valence-electron chi connectivity index (χ3n) is 5.44. The van der Waals surface area contributed by atoms with Gasteiger partial charge in [-0.2, -0.15) is 0 Å². The quantitative estimate of drug-likeness (QED) is 0.670. The molecule has 1 aromatic carbocycles. The second kappa shape index (κ2) is 7.71. The van der Waals surface area contributed by atoms with Crippen molar-refractivity contribution in [3.05, 3.63) is 53.7 Å².